The van der Waals surface area contributed by atoms with E-state index in [4.69, 9.17) is 0 Å². The van der Waals surface area contributed by atoms with Gasteiger partial charge in [-0.3, -0.25) is 9.69 Å². The molecule has 0 aromatic rings. The predicted molar refractivity (Wildman–Crippen MR) is 64.3 cm³/mol. The highest BCUT2D eigenvalue weighted by Crippen LogP contribution is 2.40. The molecule has 0 aromatic carbocycles. The lowest BCUT2D eigenvalue weighted by atomic mass is 9.70. The van der Waals surface area contributed by atoms with Crippen molar-refractivity contribution < 1.29 is 4.79 Å². The molecule has 0 atom stereocenters. The summed E-state index contributed by atoms with van der Waals surface area (Å²) in [7, 11) is 0. The zero-order chi connectivity index (χ0) is 11.4. The van der Waals surface area contributed by atoms with Crippen LogP contribution in [-0.2, 0) is 4.79 Å². The minimum Gasteiger partial charge on any atom is -0.354 e. The first-order valence-corrected chi connectivity index (χ1v) is 6.42. The molecule has 92 valence electrons. The summed E-state index contributed by atoms with van der Waals surface area (Å²) in [6, 6.07) is 0. The van der Waals surface area contributed by atoms with Crippen molar-refractivity contribution in [3.05, 3.63) is 0 Å². The number of hydrogen-bond donors (Lipinski definition) is 2. The second kappa shape index (κ2) is 5.15. The number of piperazine rings is 1. The van der Waals surface area contributed by atoms with E-state index >= 15 is 0 Å². The fourth-order valence-electron chi connectivity index (χ4n) is 2.41. The molecular formula is C12H23N3O. The molecule has 2 fully saturated rings. The molecule has 1 aliphatic carbocycles. The number of nitrogens with one attached hydrogen (secondary N) is 2. The quantitative estimate of drug-likeness (QED) is 0.718. The van der Waals surface area contributed by atoms with Crippen LogP contribution in [0.5, 0.6) is 0 Å². The molecule has 0 spiro atoms. The number of carbonyl (C=O) groups excluding carboxylic acids is 1. The van der Waals surface area contributed by atoms with Crippen molar-refractivity contribution >= 4 is 5.91 Å². The molecule has 1 aliphatic heterocycles. The van der Waals surface area contributed by atoms with Gasteiger partial charge < -0.3 is 10.6 Å². The van der Waals surface area contributed by atoms with Gasteiger partial charge in [-0.2, -0.15) is 0 Å². The number of nitrogens with zero attached hydrogens (tertiary/aromatic N) is 1. The van der Waals surface area contributed by atoms with E-state index in [1.807, 2.05) is 0 Å². The Morgan fingerprint density at radius 2 is 2.06 bits per heavy atom. The van der Waals surface area contributed by atoms with Crippen LogP contribution < -0.4 is 10.6 Å². The fourth-order valence-corrected chi connectivity index (χ4v) is 2.41. The van der Waals surface area contributed by atoms with Crippen molar-refractivity contribution in [2.45, 2.75) is 26.2 Å². The van der Waals surface area contributed by atoms with Crippen LogP contribution in [0, 0.1) is 5.41 Å². The molecule has 0 aromatic heterocycles. The van der Waals surface area contributed by atoms with Gasteiger partial charge in [0.2, 0.25) is 5.91 Å². The number of rotatable bonds is 4. The van der Waals surface area contributed by atoms with Crippen molar-refractivity contribution in [1.82, 2.24) is 15.5 Å². The first-order valence-electron chi connectivity index (χ1n) is 6.42. The van der Waals surface area contributed by atoms with Gasteiger partial charge in [0, 0.05) is 44.7 Å². The fraction of sp³-hybridized carbons (Fsp3) is 0.917. The Bertz CT molecular complexity index is 245. The van der Waals surface area contributed by atoms with E-state index in [0.29, 0.717) is 0 Å². The average Bonchev–Trinajstić information content (AvgIpc) is 2.27. The summed E-state index contributed by atoms with van der Waals surface area (Å²) in [5.74, 6) is 0.258. The molecule has 2 aliphatic rings. The molecule has 0 bridgehead atoms. The molecule has 2 N–H and O–H groups in total. The first-order chi connectivity index (χ1) is 7.71. The van der Waals surface area contributed by atoms with Crippen LogP contribution in [0.3, 0.4) is 0 Å². The van der Waals surface area contributed by atoms with Crippen molar-refractivity contribution in [3.63, 3.8) is 0 Å². The van der Waals surface area contributed by atoms with Crippen molar-refractivity contribution in [1.29, 1.82) is 0 Å². The normalized spacial score (nSPS) is 24.8. The van der Waals surface area contributed by atoms with Gasteiger partial charge in [0.15, 0.2) is 0 Å². The summed E-state index contributed by atoms with van der Waals surface area (Å²) in [4.78, 5) is 14.2. The minimum atomic E-state index is -0.0521. The van der Waals surface area contributed by atoms with Gasteiger partial charge >= 0.3 is 0 Å². The SMILES string of the molecule is CC1(C(=O)NCCN2CCNCC2)CCC1. The highest BCUT2D eigenvalue weighted by atomic mass is 16.2. The molecule has 0 unspecified atom stereocenters. The Morgan fingerprint density at radius 1 is 1.38 bits per heavy atom. The van der Waals surface area contributed by atoms with E-state index in [1.54, 1.807) is 0 Å². The summed E-state index contributed by atoms with van der Waals surface area (Å²) < 4.78 is 0. The van der Waals surface area contributed by atoms with Crippen LogP contribution in [0.2, 0.25) is 0 Å². The summed E-state index contributed by atoms with van der Waals surface area (Å²) >= 11 is 0. The summed E-state index contributed by atoms with van der Waals surface area (Å²) in [6.07, 6.45) is 3.33. The highest BCUT2D eigenvalue weighted by Gasteiger charge is 2.38. The number of amides is 1. The molecule has 4 heteroatoms. The maximum absolute atomic E-state index is 11.8. The summed E-state index contributed by atoms with van der Waals surface area (Å²) in [5.41, 5.74) is -0.0521. The Balaban J connectivity index is 1.61. The number of hydrogen-bond acceptors (Lipinski definition) is 3. The molecule has 1 saturated heterocycles. The van der Waals surface area contributed by atoms with E-state index in [-0.39, 0.29) is 11.3 Å². The van der Waals surface area contributed by atoms with E-state index in [0.717, 1.165) is 52.1 Å². The lowest BCUT2D eigenvalue weighted by molar-refractivity contribution is -0.134. The maximum Gasteiger partial charge on any atom is 0.225 e. The van der Waals surface area contributed by atoms with Gasteiger partial charge in [-0.05, 0) is 12.8 Å². The van der Waals surface area contributed by atoms with Gasteiger partial charge in [-0.15, -0.1) is 0 Å². The second-order valence-electron chi connectivity index (χ2n) is 5.26. The van der Waals surface area contributed by atoms with Crippen LogP contribution in [0.25, 0.3) is 0 Å². The Morgan fingerprint density at radius 3 is 2.62 bits per heavy atom. The minimum absolute atomic E-state index is 0.0521. The molecule has 4 nitrogen and oxygen atoms in total. The molecule has 1 amide bonds. The zero-order valence-corrected chi connectivity index (χ0v) is 10.2. The molecule has 0 radical (unpaired) electrons. The van der Waals surface area contributed by atoms with Crippen LogP contribution >= 0.6 is 0 Å². The molecule has 1 heterocycles. The Hall–Kier alpha value is -0.610. The average molecular weight is 225 g/mol. The first kappa shape index (κ1) is 11.9. The second-order valence-corrected chi connectivity index (χ2v) is 5.26. The van der Waals surface area contributed by atoms with Gasteiger partial charge in [-0.25, -0.2) is 0 Å². The van der Waals surface area contributed by atoms with E-state index in [2.05, 4.69) is 22.5 Å². The summed E-state index contributed by atoms with van der Waals surface area (Å²) in [5, 5.41) is 6.40. The van der Waals surface area contributed by atoms with Gasteiger partial charge in [-0.1, -0.05) is 13.3 Å². The highest BCUT2D eigenvalue weighted by molar-refractivity contribution is 5.82. The molecule has 1 saturated carbocycles. The lowest BCUT2D eigenvalue weighted by Crippen LogP contribution is -2.48. The third-order valence-corrected chi connectivity index (χ3v) is 3.93. The molecular weight excluding hydrogens is 202 g/mol. The third kappa shape index (κ3) is 2.74. The maximum atomic E-state index is 11.8. The van der Waals surface area contributed by atoms with Crippen LogP contribution in [0.15, 0.2) is 0 Å². The van der Waals surface area contributed by atoms with E-state index in [9.17, 15) is 4.79 Å². The van der Waals surface area contributed by atoms with E-state index in [1.165, 1.54) is 6.42 Å². The smallest absolute Gasteiger partial charge is 0.225 e. The van der Waals surface area contributed by atoms with Gasteiger partial charge in [0.1, 0.15) is 0 Å². The molecule has 2 rings (SSSR count). The Kier molecular flexibility index (Phi) is 3.82. The topological polar surface area (TPSA) is 44.4 Å². The van der Waals surface area contributed by atoms with Crippen LogP contribution in [0.1, 0.15) is 26.2 Å². The van der Waals surface area contributed by atoms with Gasteiger partial charge in [0.05, 0.1) is 0 Å². The predicted octanol–water partition coefficient (Wildman–Crippen LogP) is 0.198. The summed E-state index contributed by atoms with van der Waals surface area (Å²) in [6.45, 7) is 8.23. The number of carbonyl (C=O) groups is 1. The van der Waals surface area contributed by atoms with Crippen molar-refractivity contribution in [2.24, 2.45) is 5.41 Å². The van der Waals surface area contributed by atoms with Crippen LogP contribution in [0.4, 0.5) is 0 Å². The van der Waals surface area contributed by atoms with E-state index < -0.39 is 0 Å². The zero-order valence-electron chi connectivity index (χ0n) is 10.2. The van der Waals surface area contributed by atoms with Crippen LogP contribution in [-0.4, -0.2) is 50.1 Å². The van der Waals surface area contributed by atoms with Gasteiger partial charge in [0.25, 0.3) is 0 Å². The monoisotopic (exact) mass is 225 g/mol. The van der Waals surface area contributed by atoms with Crippen molar-refractivity contribution in [3.8, 4) is 0 Å². The molecule has 16 heavy (non-hydrogen) atoms. The largest absolute Gasteiger partial charge is 0.354 e. The lowest BCUT2D eigenvalue weighted by Gasteiger charge is -2.36. The standard InChI is InChI=1S/C12H23N3O/c1-12(3-2-4-12)11(16)14-7-10-15-8-5-13-6-9-15/h13H,2-10H2,1H3,(H,14,16). The third-order valence-electron chi connectivity index (χ3n) is 3.93. The van der Waals surface area contributed by atoms with Crippen molar-refractivity contribution in [2.75, 3.05) is 39.3 Å². The Labute approximate surface area is 97.8 Å².